The lowest BCUT2D eigenvalue weighted by molar-refractivity contribution is 0.0602. The second-order valence-corrected chi connectivity index (χ2v) is 4.71. The molecule has 0 bridgehead atoms. The Morgan fingerprint density at radius 2 is 2.17 bits per heavy atom. The maximum atomic E-state index is 11.5. The van der Waals surface area contributed by atoms with E-state index in [-0.39, 0.29) is 0 Å². The highest BCUT2D eigenvalue weighted by molar-refractivity contribution is 5.97. The van der Waals surface area contributed by atoms with Crippen LogP contribution in [0, 0.1) is 11.8 Å². The number of nitrogen functional groups attached to an aromatic ring is 1. The summed E-state index contributed by atoms with van der Waals surface area (Å²) in [5.41, 5.74) is 6.57. The van der Waals surface area contributed by atoms with Crippen molar-refractivity contribution in [3.05, 3.63) is 17.8 Å². The Morgan fingerprint density at radius 3 is 2.72 bits per heavy atom. The number of nitrogens with two attached hydrogens (primary N) is 1. The molecule has 1 rings (SSSR count). The molecule has 0 saturated heterocycles. The van der Waals surface area contributed by atoms with Crippen LogP contribution in [-0.2, 0) is 4.74 Å². The molecule has 1 aromatic rings. The predicted molar refractivity (Wildman–Crippen MR) is 72.5 cm³/mol. The number of ether oxygens (including phenoxy) is 1. The normalized spacial score (nSPS) is 12.3. The molecule has 5 nitrogen and oxygen atoms in total. The lowest BCUT2D eigenvalue weighted by atomic mass is 9.98. The van der Waals surface area contributed by atoms with Gasteiger partial charge >= 0.3 is 5.97 Å². The molecular formula is C13H21N3O2. The van der Waals surface area contributed by atoms with Crippen molar-refractivity contribution in [3.63, 3.8) is 0 Å². The van der Waals surface area contributed by atoms with Gasteiger partial charge in [-0.3, -0.25) is 0 Å². The number of anilines is 2. The molecule has 5 heteroatoms. The monoisotopic (exact) mass is 251 g/mol. The summed E-state index contributed by atoms with van der Waals surface area (Å²) >= 11 is 0. The van der Waals surface area contributed by atoms with Crippen LogP contribution in [0.4, 0.5) is 11.5 Å². The molecule has 0 amide bonds. The van der Waals surface area contributed by atoms with Gasteiger partial charge in [0.2, 0.25) is 0 Å². The number of aromatic nitrogens is 1. The number of esters is 1. The minimum Gasteiger partial charge on any atom is -0.465 e. The van der Waals surface area contributed by atoms with Gasteiger partial charge in [0, 0.05) is 12.7 Å². The molecule has 1 unspecified atom stereocenters. The van der Waals surface area contributed by atoms with Crippen molar-refractivity contribution in [2.45, 2.75) is 20.8 Å². The Hall–Kier alpha value is -1.78. The maximum absolute atomic E-state index is 11.5. The SMILES string of the molecule is COC(=O)c1ccnc(NCC(C)C(C)C)c1N. The number of nitrogens with one attached hydrogen (secondary N) is 1. The molecule has 1 aromatic heterocycles. The van der Waals surface area contributed by atoms with Crippen molar-refractivity contribution in [2.75, 3.05) is 24.7 Å². The van der Waals surface area contributed by atoms with E-state index < -0.39 is 5.97 Å². The maximum Gasteiger partial charge on any atom is 0.340 e. The number of carbonyl (C=O) groups excluding carboxylic acids is 1. The first-order chi connectivity index (χ1) is 8.47. The van der Waals surface area contributed by atoms with Crippen molar-refractivity contribution in [2.24, 2.45) is 11.8 Å². The second kappa shape index (κ2) is 6.23. The summed E-state index contributed by atoms with van der Waals surface area (Å²) in [7, 11) is 1.33. The highest BCUT2D eigenvalue weighted by Gasteiger charge is 2.14. The Labute approximate surface area is 108 Å². The average Bonchev–Trinajstić information content (AvgIpc) is 2.36. The second-order valence-electron chi connectivity index (χ2n) is 4.71. The summed E-state index contributed by atoms with van der Waals surface area (Å²) < 4.78 is 4.66. The number of pyridine rings is 1. The number of nitrogens with zero attached hydrogens (tertiary/aromatic N) is 1. The molecule has 3 N–H and O–H groups in total. The van der Waals surface area contributed by atoms with Gasteiger partial charge in [-0.05, 0) is 17.9 Å². The molecule has 18 heavy (non-hydrogen) atoms. The van der Waals surface area contributed by atoms with Crippen molar-refractivity contribution >= 4 is 17.5 Å². The molecule has 0 saturated carbocycles. The van der Waals surface area contributed by atoms with Crippen molar-refractivity contribution < 1.29 is 9.53 Å². The largest absolute Gasteiger partial charge is 0.465 e. The Morgan fingerprint density at radius 1 is 1.50 bits per heavy atom. The third-order valence-electron chi connectivity index (χ3n) is 3.12. The van der Waals surface area contributed by atoms with Gasteiger partial charge in [-0.1, -0.05) is 20.8 Å². The van der Waals surface area contributed by atoms with Crippen LogP contribution >= 0.6 is 0 Å². The van der Waals surface area contributed by atoms with Crippen molar-refractivity contribution in [3.8, 4) is 0 Å². The van der Waals surface area contributed by atoms with E-state index in [0.29, 0.717) is 28.9 Å². The van der Waals surface area contributed by atoms with E-state index in [9.17, 15) is 4.79 Å². The van der Waals surface area contributed by atoms with Gasteiger partial charge in [-0.25, -0.2) is 9.78 Å². The zero-order valence-electron chi connectivity index (χ0n) is 11.4. The number of carbonyl (C=O) groups is 1. The quantitative estimate of drug-likeness (QED) is 0.784. The third kappa shape index (κ3) is 3.35. The first-order valence-corrected chi connectivity index (χ1v) is 6.04. The zero-order chi connectivity index (χ0) is 13.7. The molecule has 100 valence electrons. The lowest BCUT2D eigenvalue weighted by Crippen LogP contribution is -2.18. The number of hydrogen-bond acceptors (Lipinski definition) is 5. The molecule has 0 aliphatic heterocycles. The highest BCUT2D eigenvalue weighted by atomic mass is 16.5. The molecule has 1 atom stereocenters. The van der Waals surface area contributed by atoms with Crippen LogP contribution in [0.5, 0.6) is 0 Å². The third-order valence-corrected chi connectivity index (χ3v) is 3.12. The van der Waals surface area contributed by atoms with E-state index in [1.807, 2.05) is 0 Å². The van der Waals surface area contributed by atoms with E-state index in [2.05, 4.69) is 35.8 Å². The highest BCUT2D eigenvalue weighted by Crippen LogP contribution is 2.21. The van der Waals surface area contributed by atoms with E-state index in [1.165, 1.54) is 7.11 Å². The summed E-state index contributed by atoms with van der Waals surface area (Å²) in [6, 6.07) is 1.55. The minimum absolute atomic E-state index is 0.334. The number of methoxy groups -OCH3 is 1. The van der Waals surface area contributed by atoms with E-state index in [0.717, 1.165) is 6.54 Å². The van der Waals surface area contributed by atoms with Gasteiger partial charge in [0.1, 0.15) is 5.82 Å². The fourth-order valence-corrected chi connectivity index (χ4v) is 1.40. The molecule has 1 heterocycles. The van der Waals surface area contributed by atoms with Crippen LogP contribution in [0.25, 0.3) is 0 Å². The van der Waals surface area contributed by atoms with Crippen LogP contribution in [0.3, 0.4) is 0 Å². The summed E-state index contributed by atoms with van der Waals surface area (Å²) in [5, 5.41) is 3.17. The van der Waals surface area contributed by atoms with Crippen LogP contribution in [0.1, 0.15) is 31.1 Å². The molecule has 0 aromatic carbocycles. The number of rotatable bonds is 5. The molecule has 0 aliphatic rings. The van der Waals surface area contributed by atoms with Crippen LogP contribution in [0.2, 0.25) is 0 Å². The number of hydrogen-bond donors (Lipinski definition) is 2. The van der Waals surface area contributed by atoms with Gasteiger partial charge in [-0.15, -0.1) is 0 Å². The standard InChI is InChI=1S/C13H21N3O2/c1-8(2)9(3)7-16-12-11(14)10(5-6-15-12)13(17)18-4/h5-6,8-9H,7,14H2,1-4H3,(H,15,16). The topological polar surface area (TPSA) is 77.2 Å². The van der Waals surface area contributed by atoms with Crippen LogP contribution in [-0.4, -0.2) is 24.6 Å². The zero-order valence-corrected chi connectivity index (χ0v) is 11.4. The van der Waals surface area contributed by atoms with E-state index in [1.54, 1.807) is 12.3 Å². The molecule has 0 aliphatic carbocycles. The Balaban J connectivity index is 2.81. The lowest BCUT2D eigenvalue weighted by Gasteiger charge is -2.17. The van der Waals surface area contributed by atoms with Crippen LogP contribution < -0.4 is 11.1 Å². The summed E-state index contributed by atoms with van der Waals surface area (Å²) in [4.78, 5) is 15.6. The van der Waals surface area contributed by atoms with E-state index >= 15 is 0 Å². The molecule has 0 radical (unpaired) electrons. The summed E-state index contributed by atoms with van der Waals surface area (Å²) in [6.45, 7) is 7.24. The summed E-state index contributed by atoms with van der Waals surface area (Å²) in [5.74, 6) is 1.15. The van der Waals surface area contributed by atoms with Crippen molar-refractivity contribution in [1.82, 2.24) is 4.98 Å². The first-order valence-electron chi connectivity index (χ1n) is 6.04. The first kappa shape index (κ1) is 14.3. The Kier molecular flexibility index (Phi) is 4.95. The molecule has 0 spiro atoms. The van der Waals surface area contributed by atoms with Gasteiger partial charge < -0.3 is 15.8 Å². The fourth-order valence-electron chi connectivity index (χ4n) is 1.40. The van der Waals surface area contributed by atoms with Gasteiger partial charge in [-0.2, -0.15) is 0 Å². The molecule has 0 fully saturated rings. The predicted octanol–water partition coefficient (Wildman–Crippen LogP) is 2.15. The average molecular weight is 251 g/mol. The molecular weight excluding hydrogens is 230 g/mol. The van der Waals surface area contributed by atoms with Gasteiger partial charge in [0.25, 0.3) is 0 Å². The van der Waals surface area contributed by atoms with Gasteiger partial charge in [0.15, 0.2) is 0 Å². The fraction of sp³-hybridized carbons (Fsp3) is 0.538. The van der Waals surface area contributed by atoms with Gasteiger partial charge in [0.05, 0.1) is 18.4 Å². The minimum atomic E-state index is -0.449. The van der Waals surface area contributed by atoms with Crippen LogP contribution in [0.15, 0.2) is 12.3 Å². The Bertz CT molecular complexity index is 419. The van der Waals surface area contributed by atoms with Crippen molar-refractivity contribution in [1.29, 1.82) is 0 Å². The summed E-state index contributed by atoms with van der Waals surface area (Å²) in [6.07, 6.45) is 1.55. The smallest absolute Gasteiger partial charge is 0.340 e. The van der Waals surface area contributed by atoms with E-state index in [4.69, 9.17) is 5.73 Å².